The molecule has 2 fully saturated rings. The normalized spacial score (nSPS) is 20.7. The van der Waals surface area contributed by atoms with Crippen LogP contribution in [0.3, 0.4) is 0 Å². The molecule has 0 heterocycles. The van der Waals surface area contributed by atoms with E-state index in [1.165, 1.54) is 0 Å². The molecule has 1 aromatic rings. The Morgan fingerprint density at radius 1 is 1.20 bits per heavy atom. The Morgan fingerprint density at radius 3 is 2.33 bits per heavy atom. The van der Waals surface area contributed by atoms with Crippen molar-refractivity contribution in [1.29, 1.82) is 0 Å². The highest BCUT2D eigenvalue weighted by Crippen LogP contribution is 2.51. The summed E-state index contributed by atoms with van der Waals surface area (Å²) in [6.07, 6.45) is 4.22. The van der Waals surface area contributed by atoms with Gasteiger partial charge in [-0.3, -0.25) is 0 Å². The van der Waals surface area contributed by atoms with E-state index in [9.17, 15) is 9.50 Å². The number of halogens is 2. The minimum absolute atomic E-state index is 0.109. The van der Waals surface area contributed by atoms with Crippen molar-refractivity contribution < 1.29 is 9.50 Å². The molecule has 1 aromatic carbocycles. The third-order valence-electron chi connectivity index (χ3n) is 3.26. The molecule has 0 unspecified atom stereocenters. The van der Waals surface area contributed by atoms with E-state index in [1.54, 1.807) is 0 Å². The minimum atomic E-state index is -0.395. The van der Waals surface area contributed by atoms with Gasteiger partial charge in [-0.05, 0) is 43.6 Å². The molecule has 0 bridgehead atoms. The largest absolute Gasteiger partial charge is 0.505 e. The molecule has 0 amide bonds. The van der Waals surface area contributed by atoms with Crippen LogP contribution < -0.4 is 0 Å². The number of hydrogen-bond donors (Lipinski definition) is 1. The Balaban J connectivity index is 2.13. The third-order valence-corrected chi connectivity index (χ3v) is 3.92. The maximum atomic E-state index is 13.9. The van der Waals surface area contributed by atoms with Gasteiger partial charge < -0.3 is 5.11 Å². The summed E-state index contributed by atoms with van der Waals surface area (Å²) in [7, 11) is 0. The fourth-order valence-electron chi connectivity index (χ4n) is 2.09. The van der Waals surface area contributed by atoms with E-state index in [0.717, 1.165) is 35.7 Å². The average molecular weight is 271 g/mol. The van der Waals surface area contributed by atoms with E-state index in [1.807, 2.05) is 6.07 Å². The zero-order valence-electron chi connectivity index (χ0n) is 8.26. The molecule has 0 atom stereocenters. The first kappa shape index (κ1) is 9.64. The monoisotopic (exact) mass is 270 g/mol. The van der Waals surface area contributed by atoms with Gasteiger partial charge in [0.25, 0.3) is 0 Å². The van der Waals surface area contributed by atoms with E-state index >= 15 is 0 Å². The van der Waals surface area contributed by atoms with E-state index in [4.69, 9.17) is 0 Å². The van der Waals surface area contributed by atoms with Crippen LogP contribution in [-0.4, -0.2) is 5.11 Å². The highest BCUT2D eigenvalue weighted by Gasteiger charge is 2.34. The van der Waals surface area contributed by atoms with E-state index < -0.39 is 5.82 Å². The second-order valence-electron chi connectivity index (χ2n) is 4.57. The number of hydrogen-bond acceptors (Lipinski definition) is 1. The zero-order valence-corrected chi connectivity index (χ0v) is 9.85. The summed E-state index contributed by atoms with van der Waals surface area (Å²) in [6, 6.07) is 1.91. The van der Waals surface area contributed by atoms with E-state index in [0.29, 0.717) is 17.4 Å². The SMILES string of the molecule is Oc1c(C2CC2)cc(Br)c(C2CC2)c1F. The topological polar surface area (TPSA) is 20.2 Å². The molecule has 0 radical (unpaired) electrons. The fourth-order valence-corrected chi connectivity index (χ4v) is 2.84. The average Bonchev–Trinajstić information content (AvgIpc) is 2.99. The van der Waals surface area contributed by atoms with Crippen LogP contribution in [0.2, 0.25) is 0 Å². The molecule has 0 saturated heterocycles. The Kier molecular flexibility index (Phi) is 2.06. The summed E-state index contributed by atoms with van der Waals surface area (Å²) in [5.74, 6) is 0.193. The summed E-state index contributed by atoms with van der Waals surface area (Å²) in [6.45, 7) is 0. The van der Waals surface area contributed by atoms with Crippen LogP contribution in [0.25, 0.3) is 0 Å². The second kappa shape index (κ2) is 3.21. The summed E-state index contributed by atoms with van der Waals surface area (Å²) in [5.41, 5.74) is 1.46. The van der Waals surface area contributed by atoms with Crippen LogP contribution in [0.4, 0.5) is 4.39 Å². The molecule has 2 aliphatic rings. The van der Waals surface area contributed by atoms with Gasteiger partial charge in [0, 0.05) is 15.6 Å². The highest BCUT2D eigenvalue weighted by molar-refractivity contribution is 9.10. The Hall–Kier alpha value is -0.570. The first-order valence-corrected chi connectivity index (χ1v) is 6.18. The van der Waals surface area contributed by atoms with Crippen LogP contribution >= 0.6 is 15.9 Å². The molecule has 1 nitrogen and oxygen atoms in total. The predicted molar refractivity (Wildman–Crippen MR) is 59.7 cm³/mol. The number of benzene rings is 1. The van der Waals surface area contributed by atoms with Crippen molar-refractivity contribution in [2.45, 2.75) is 37.5 Å². The van der Waals surface area contributed by atoms with Gasteiger partial charge in [0.2, 0.25) is 0 Å². The van der Waals surface area contributed by atoms with Crippen LogP contribution in [0, 0.1) is 5.82 Å². The molecule has 1 N–H and O–H groups in total. The molecule has 3 rings (SSSR count). The minimum Gasteiger partial charge on any atom is -0.505 e. The quantitative estimate of drug-likeness (QED) is 0.860. The lowest BCUT2D eigenvalue weighted by molar-refractivity contribution is 0.422. The fraction of sp³-hybridized carbons (Fsp3) is 0.500. The summed E-state index contributed by atoms with van der Waals surface area (Å²) in [4.78, 5) is 0. The Morgan fingerprint density at radius 2 is 1.80 bits per heavy atom. The molecule has 80 valence electrons. The van der Waals surface area contributed by atoms with Gasteiger partial charge >= 0.3 is 0 Å². The van der Waals surface area contributed by atoms with Crippen molar-refractivity contribution in [1.82, 2.24) is 0 Å². The molecule has 2 saturated carbocycles. The van der Waals surface area contributed by atoms with Crippen LogP contribution in [0.15, 0.2) is 10.5 Å². The van der Waals surface area contributed by atoms with Crippen LogP contribution in [-0.2, 0) is 0 Å². The highest BCUT2D eigenvalue weighted by atomic mass is 79.9. The summed E-state index contributed by atoms with van der Waals surface area (Å²) >= 11 is 3.42. The lowest BCUT2D eigenvalue weighted by Gasteiger charge is -2.10. The number of aromatic hydroxyl groups is 1. The molecular formula is C12H12BrFO. The smallest absolute Gasteiger partial charge is 0.169 e. The van der Waals surface area contributed by atoms with E-state index in [2.05, 4.69) is 15.9 Å². The standard InChI is InChI=1S/C12H12BrFO/c13-9-5-8(6-1-2-6)12(15)11(14)10(9)7-3-4-7/h5-7,15H,1-4H2. The third kappa shape index (κ3) is 1.57. The maximum absolute atomic E-state index is 13.9. The van der Waals surface area contributed by atoms with Gasteiger partial charge in [0.15, 0.2) is 11.6 Å². The molecular weight excluding hydrogens is 259 g/mol. The summed E-state index contributed by atoms with van der Waals surface area (Å²) < 4.78 is 14.8. The van der Waals surface area contributed by atoms with Gasteiger partial charge in [0.05, 0.1) is 0 Å². The Labute approximate surface area is 96.4 Å². The number of rotatable bonds is 2. The van der Waals surface area contributed by atoms with Crippen molar-refractivity contribution >= 4 is 15.9 Å². The number of phenols is 1. The zero-order chi connectivity index (χ0) is 10.6. The van der Waals surface area contributed by atoms with Gasteiger partial charge in [-0.2, -0.15) is 0 Å². The first-order chi connectivity index (χ1) is 7.18. The van der Waals surface area contributed by atoms with E-state index in [-0.39, 0.29) is 5.75 Å². The van der Waals surface area contributed by atoms with Gasteiger partial charge in [-0.25, -0.2) is 4.39 Å². The first-order valence-electron chi connectivity index (χ1n) is 5.39. The van der Waals surface area contributed by atoms with Gasteiger partial charge in [0.1, 0.15) is 0 Å². The molecule has 0 aliphatic heterocycles. The second-order valence-corrected chi connectivity index (χ2v) is 5.43. The van der Waals surface area contributed by atoms with Crippen LogP contribution in [0.1, 0.15) is 48.6 Å². The van der Waals surface area contributed by atoms with Gasteiger partial charge in [-0.1, -0.05) is 15.9 Å². The molecule has 2 aliphatic carbocycles. The molecule has 0 aromatic heterocycles. The lowest BCUT2D eigenvalue weighted by atomic mass is 10.0. The molecule has 15 heavy (non-hydrogen) atoms. The van der Waals surface area contributed by atoms with Crippen molar-refractivity contribution in [3.8, 4) is 5.75 Å². The molecule has 0 spiro atoms. The van der Waals surface area contributed by atoms with Crippen molar-refractivity contribution in [3.63, 3.8) is 0 Å². The maximum Gasteiger partial charge on any atom is 0.169 e. The molecule has 3 heteroatoms. The Bertz CT molecular complexity index is 422. The van der Waals surface area contributed by atoms with Crippen molar-refractivity contribution in [2.24, 2.45) is 0 Å². The van der Waals surface area contributed by atoms with Gasteiger partial charge in [-0.15, -0.1) is 0 Å². The summed E-state index contributed by atoms with van der Waals surface area (Å²) in [5, 5.41) is 9.79. The lowest BCUT2D eigenvalue weighted by Crippen LogP contribution is -1.94. The van der Waals surface area contributed by atoms with Crippen molar-refractivity contribution in [2.75, 3.05) is 0 Å². The van der Waals surface area contributed by atoms with Crippen molar-refractivity contribution in [3.05, 3.63) is 27.5 Å². The number of phenolic OH excluding ortho intramolecular Hbond substituents is 1. The van der Waals surface area contributed by atoms with Crippen LogP contribution in [0.5, 0.6) is 5.75 Å². The predicted octanol–water partition coefficient (Wildman–Crippen LogP) is 4.05.